The fourth-order valence-electron chi connectivity index (χ4n) is 1.48. The molecule has 15 heavy (non-hydrogen) atoms. The number of thiophene rings is 1. The van der Waals surface area contributed by atoms with E-state index in [0.717, 1.165) is 8.66 Å². The molecule has 0 amide bonds. The molecule has 0 spiro atoms. The second-order valence-corrected chi connectivity index (χ2v) is 6.36. The SMILES string of the molecule is Cc1cc(C(Cl)C2COCCO2)sc1Br. The van der Waals surface area contributed by atoms with E-state index in [2.05, 4.69) is 28.9 Å². The lowest BCUT2D eigenvalue weighted by molar-refractivity contribution is -0.0889. The maximum absolute atomic E-state index is 6.35. The molecule has 2 unspecified atom stereocenters. The van der Waals surface area contributed by atoms with Gasteiger partial charge in [0.15, 0.2) is 0 Å². The highest BCUT2D eigenvalue weighted by molar-refractivity contribution is 9.11. The summed E-state index contributed by atoms with van der Waals surface area (Å²) in [5, 5.41) is -0.111. The van der Waals surface area contributed by atoms with Crippen LogP contribution >= 0.6 is 38.9 Å². The number of ether oxygens (including phenoxy) is 2. The van der Waals surface area contributed by atoms with E-state index in [9.17, 15) is 0 Å². The van der Waals surface area contributed by atoms with Crippen LogP contribution in [0.5, 0.6) is 0 Å². The van der Waals surface area contributed by atoms with Gasteiger partial charge in [-0.05, 0) is 34.5 Å². The van der Waals surface area contributed by atoms with E-state index in [0.29, 0.717) is 19.8 Å². The third-order valence-electron chi connectivity index (χ3n) is 2.32. The van der Waals surface area contributed by atoms with Crippen LogP contribution in [-0.2, 0) is 9.47 Å². The summed E-state index contributed by atoms with van der Waals surface area (Å²) in [4.78, 5) is 1.14. The summed E-state index contributed by atoms with van der Waals surface area (Å²) in [6.07, 6.45) is -0.0228. The van der Waals surface area contributed by atoms with Crippen LogP contribution in [0.1, 0.15) is 15.8 Å². The summed E-state index contributed by atoms with van der Waals surface area (Å²) in [6, 6.07) is 2.10. The minimum Gasteiger partial charge on any atom is -0.376 e. The Kier molecular flexibility index (Phi) is 4.07. The van der Waals surface area contributed by atoms with Crippen molar-refractivity contribution >= 4 is 38.9 Å². The number of rotatable bonds is 2. The van der Waals surface area contributed by atoms with Gasteiger partial charge in [0.1, 0.15) is 6.10 Å². The van der Waals surface area contributed by atoms with Gasteiger partial charge in [-0.25, -0.2) is 0 Å². The molecule has 0 saturated carbocycles. The standard InChI is InChI=1S/C10H12BrClO2S/c1-6-4-8(15-10(6)11)9(12)7-5-13-2-3-14-7/h4,7,9H,2-3,5H2,1H3. The Morgan fingerprint density at radius 1 is 1.60 bits per heavy atom. The highest BCUT2D eigenvalue weighted by Crippen LogP contribution is 2.37. The van der Waals surface area contributed by atoms with Crippen molar-refractivity contribution in [3.8, 4) is 0 Å². The molecule has 84 valence electrons. The van der Waals surface area contributed by atoms with Crippen molar-refractivity contribution in [1.29, 1.82) is 0 Å². The van der Waals surface area contributed by atoms with Crippen LogP contribution in [0.25, 0.3) is 0 Å². The van der Waals surface area contributed by atoms with Crippen LogP contribution in [0.4, 0.5) is 0 Å². The van der Waals surface area contributed by atoms with Crippen molar-refractivity contribution in [2.75, 3.05) is 19.8 Å². The molecule has 1 fully saturated rings. The molecule has 2 heterocycles. The molecule has 2 rings (SSSR count). The van der Waals surface area contributed by atoms with Crippen molar-refractivity contribution in [3.63, 3.8) is 0 Å². The zero-order valence-corrected chi connectivity index (χ0v) is 11.5. The van der Waals surface area contributed by atoms with Crippen molar-refractivity contribution in [2.45, 2.75) is 18.4 Å². The average molecular weight is 312 g/mol. The summed E-state index contributed by atoms with van der Waals surface area (Å²) >= 11 is 11.5. The van der Waals surface area contributed by atoms with Crippen LogP contribution in [0.2, 0.25) is 0 Å². The van der Waals surface area contributed by atoms with Gasteiger partial charge in [0.2, 0.25) is 0 Å². The molecule has 0 aliphatic carbocycles. The van der Waals surface area contributed by atoms with Gasteiger partial charge in [0, 0.05) is 4.88 Å². The Balaban J connectivity index is 2.08. The Morgan fingerprint density at radius 3 is 2.93 bits per heavy atom. The summed E-state index contributed by atoms with van der Waals surface area (Å²) in [5.74, 6) is 0. The molecule has 2 nitrogen and oxygen atoms in total. The molecule has 0 N–H and O–H groups in total. The summed E-state index contributed by atoms with van der Waals surface area (Å²) in [5.41, 5.74) is 1.22. The first-order valence-electron chi connectivity index (χ1n) is 4.77. The molecular weight excluding hydrogens is 300 g/mol. The molecule has 5 heteroatoms. The second kappa shape index (κ2) is 5.15. The van der Waals surface area contributed by atoms with Gasteiger partial charge in [-0.2, -0.15) is 0 Å². The van der Waals surface area contributed by atoms with Crippen LogP contribution in [0, 0.1) is 6.92 Å². The highest BCUT2D eigenvalue weighted by Gasteiger charge is 2.26. The third-order valence-corrected chi connectivity index (χ3v) is 5.18. The van der Waals surface area contributed by atoms with Gasteiger partial charge in [-0.15, -0.1) is 22.9 Å². The molecule has 1 saturated heterocycles. The lowest BCUT2D eigenvalue weighted by atomic mass is 10.2. The number of aryl methyl sites for hydroxylation is 1. The predicted octanol–water partition coefficient (Wildman–Crippen LogP) is 3.51. The Hall–Kier alpha value is 0.390. The quantitative estimate of drug-likeness (QED) is 0.778. The van der Waals surface area contributed by atoms with E-state index >= 15 is 0 Å². The first kappa shape index (κ1) is 11.9. The molecule has 1 aliphatic heterocycles. The Morgan fingerprint density at radius 2 is 2.40 bits per heavy atom. The maximum Gasteiger partial charge on any atom is 0.102 e. The van der Waals surface area contributed by atoms with Crippen molar-refractivity contribution in [1.82, 2.24) is 0 Å². The molecule has 0 radical (unpaired) electrons. The molecule has 1 aliphatic rings. The molecular formula is C10H12BrClO2S. The second-order valence-electron chi connectivity index (χ2n) is 3.49. The lowest BCUT2D eigenvalue weighted by Gasteiger charge is -2.26. The topological polar surface area (TPSA) is 18.5 Å². The fourth-order valence-corrected chi connectivity index (χ4v) is 3.42. The van der Waals surface area contributed by atoms with Crippen LogP contribution < -0.4 is 0 Å². The Bertz CT molecular complexity index is 317. The average Bonchev–Trinajstić information content (AvgIpc) is 2.59. The minimum absolute atomic E-state index is 0.0228. The Labute approximate surface area is 107 Å². The van der Waals surface area contributed by atoms with Gasteiger partial charge in [0.25, 0.3) is 0 Å². The molecule has 0 bridgehead atoms. The fraction of sp³-hybridized carbons (Fsp3) is 0.600. The highest BCUT2D eigenvalue weighted by atomic mass is 79.9. The minimum atomic E-state index is -0.111. The van der Waals surface area contributed by atoms with Crippen molar-refractivity contribution < 1.29 is 9.47 Å². The van der Waals surface area contributed by atoms with Crippen molar-refractivity contribution in [2.24, 2.45) is 0 Å². The zero-order chi connectivity index (χ0) is 10.8. The van der Waals surface area contributed by atoms with Crippen LogP contribution in [-0.4, -0.2) is 25.9 Å². The normalized spacial score (nSPS) is 24.1. The molecule has 1 aromatic heterocycles. The van der Waals surface area contributed by atoms with Crippen LogP contribution in [0.3, 0.4) is 0 Å². The van der Waals surface area contributed by atoms with Gasteiger partial charge in [-0.3, -0.25) is 0 Å². The molecule has 1 aromatic rings. The van der Waals surface area contributed by atoms with Gasteiger partial charge >= 0.3 is 0 Å². The predicted molar refractivity (Wildman–Crippen MR) is 65.9 cm³/mol. The number of hydrogen-bond donors (Lipinski definition) is 0. The van der Waals surface area contributed by atoms with Crippen molar-refractivity contribution in [3.05, 3.63) is 20.3 Å². The van der Waals surface area contributed by atoms with E-state index in [1.54, 1.807) is 11.3 Å². The largest absolute Gasteiger partial charge is 0.376 e. The number of alkyl halides is 1. The van der Waals surface area contributed by atoms with Gasteiger partial charge < -0.3 is 9.47 Å². The van der Waals surface area contributed by atoms with E-state index < -0.39 is 0 Å². The van der Waals surface area contributed by atoms with E-state index in [1.807, 2.05) is 0 Å². The molecule has 0 aromatic carbocycles. The van der Waals surface area contributed by atoms with E-state index in [4.69, 9.17) is 21.1 Å². The number of halogens is 2. The first-order chi connectivity index (χ1) is 7.18. The van der Waals surface area contributed by atoms with Gasteiger partial charge in [0.05, 0.1) is 29.0 Å². The maximum atomic E-state index is 6.35. The summed E-state index contributed by atoms with van der Waals surface area (Å²) in [6.45, 7) is 3.96. The van der Waals surface area contributed by atoms with E-state index in [-0.39, 0.29) is 11.5 Å². The third kappa shape index (κ3) is 2.74. The van der Waals surface area contributed by atoms with Crippen LogP contribution in [0.15, 0.2) is 9.85 Å². The monoisotopic (exact) mass is 310 g/mol. The first-order valence-corrected chi connectivity index (χ1v) is 6.82. The summed E-state index contributed by atoms with van der Waals surface area (Å²) < 4.78 is 12.1. The summed E-state index contributed by atoms with van der Waals surface area (Å²) in [7, 11) is 0. The molecule has 2 atom stereocenters. The zero-order valence-electron chi connectivity index (χ0n) is 8.33. The van der Waals surface area contributed by atoms with Gasteiger partial charge in [-0.1, -0.05) is 0 Å². The van der Waals surface area contributed by atoms with E-state index in [1.165, 1.54) is 5.56 Å². The lowest BCUT2D eigenvalue weighted by Crippen LogP contribution is -2.31. The smallest absolute Gasteiger partial charge is 0.102 e. The number of hydrogen-bond acceptors (Lipinski definition) is 3.